The predicted molar refractivity (Wildman–Crippen MR) is 39.0 cm³/mol. The molecule has 0 aliphatic carbocycles. The fourth-order valence-corrected chi connectivity index (χ4v) is 0.412. The third-order valence-corrected chi connectivity index (χ3v) is 1.31. The standard InChI is InChI=1S/C7H16NO/c1-4-9-5-7(8)6(2)3/h6-7H,1,4-5,8H2,2-3H3/t7-/m1/s1. The summed E-state index contributed by atoms with van der Waals surface area (Å²) in [6.07, 6.45) is 0. The molecule has 0 aliphatic rings. The van der Waals surface area contributed by atoms with E-state index in [4.69, 9.17) is 10.5 Å². The van der Waals surface area contributed by atoms with Crippen LogP contribution in [0.3, 0.4) is 0 Å². The fraction of sp³-hybridized carbons (Fsp3) is 0.857. The second-order valence-electron chi connectivity index (χ2n) is 2.48. The first-order valence-corrected chi connectivity index (χ1v) is 3.31. The molecule has 0 spiro atoms. The van der Waals surface area contributed by atoms with Crippen molar-refractivity contribution in [2.45, 2.75) is 19.9 Å². The molecule has 0 amide bonds. The molecule has 55 valence electrons. The lowest BCUT2D eigenvalue weighted by molar-refractivity contribution is 0.132. The lowest BCUT2D eigenvalue weighted by atomic mass is 10.1. The van der Waals surface area contributed by atoms with Crippen molar-refractivity contribution in [3.05, 3.63) is 6.92 Å². The highest BCUT2D eigenvalue weighted by atomic mass is 16.5. The SMILES string of the molecule is [CH2]COC[C@@H](N)C(C)C. The van der Waals surface area contributed by atoms with E-state index < -0.39 is 0 Å². The third-order valence-electron chi connectivity index (χ3n) is 1.31. The van der Waals surface area contributed by atoms with Gasteiger partial charge in [-0.1, -0.05) is 13.8 Å². The molecule has 2 N–H and O–H groups in total. The van der Waals surface area contributed by atoms with Gasteiger partial charge in [0.2, 0.25) is 0 Å². The van der Waals surface area contributed by atoms with E-state index in [1.165, 1.54) is 0 Å². The summed E-state index contributed by atoms with van der Waals surface area (Å²) in [6, 6.07) is 0.159. The molecule has 0 fully saturated rings. The summed E-state index contributed by atoms with van der Waals surface area (Å²) in [5, 5.41) is 0. The minimum Gasteiger partial charge on any atom is -0.380 e. The molecular formula is C7H16NO. The largest absolute Gasteiger partial charge is 0.380 e. The maximum atomic E-state index is 5.65. The minimum absolute atomic E-state index is 0.159. The normalized spacial score (nSPS) is 14.3. The van der Waals surface area contributed by atoms with E-state index in [2.05, 4.69) is 20.8 Å². The molecule has 0 unspecified atom stereocenters. The van der Waals surface area contributed by atoms with Gasteiger partial charge in [0.15, 0.2) is 0 Å². The van der Waals surface area contributed by atoms with Crippen LogP contribution in [0.4, 0.5) is 0 Å². The molecular weight excluding hydrogens is 114 g/mol. The van der Waals surface area contributed by atoms with Gasteiger partial charge in [-0.05, 0) is 12.8 Å². The van der Waals surface area contributed by atoms with E-state index in [0.29, 0.717) is 19.1 Å². The van der Waals surface area contributed by atoms with Crippen molar-refractivity contribution >= 4 is 0 Å². The molecule has 2 heteroatoms. The average Bonchev–Trinajstić information content (AvgIpc) is 1.82. The Bertz CT molecular complexity index is 63.9. The first kappa shape index (κ1) is 8.92. The van der Waals surface area contributed by atoms with Crippen molar-refractivity contribution in [1.82, 2.24) is 0 Å². The quantitative estimate of drug-likeness (QED) is 0.611. The van der Waals surface area contributed by atoms with Crippen LogP contribution < -0.4 is 5.73 Å². The lowest BCUT2D eigenvalue weighted by Crippen LogP contribution is -2.31. The lowest BCUT2D eigenvalue weighted by Gasteiger charge is -2.14. The number of hydrogen-bond acceptors (Lipinski definition) is 2. The van der Waals surface area contributed by atoms with Crippen LogP contribution in [0.25, 0.3) is 0 Å². The van der Waals surface area contributed by atoms with Gasteiger partial charge in [0.05, 0.1) is 6.61 Å². The summed E-state index contributed by atoms with van der Waals surface area (Å²) in [4.78, 5) is 0. The number of ether oxygens (including phenoxy) is 1. The van der Waals surface area contributed by atoms with E-state index in [-0.39, 0.29) is 6.04 Å². The van der Waals surface area contributed by atoms with E-state index in [9.17, 15) is 0 Å². The zero-order valence-electron chi connectivity index (χ0n) is 6.26. The van der Waals surface area contributed by atoms with Crippen molar-refractivity contribution in [2.75, 3.05) is 13.2 Å². The first-order chi connectivity index (χ1) is 4.18. The highest BCUT2D eigenvalue weighted by Crippen LogP contribution is 1.97. The van der Waals surface area contributed by atoms with Crippen LogP contribution >= 0.6 is 0 Å². The van der Waals surface area contributed by atoms with Crippen molar-refractivity contribution in [3.8, 4) is 0 Å². The second-order valence-corrected chi connectivity index (χ2v) is 2.48. The van der Waals surface area contributed by atoms with Crippen LogP contribution in [0.2, 0.25) is 0 Å². The Kier molecular flexibility index (Phi) is 4.72. The van der Waals surface area contributed by atoms with Crippen LogP contribution in [0, 0.1) is 12.8 Å². The molecule has 2 nitrogen and oxygen atoms in total. The Morgan fingerprint density at radius 1 is 1.56 bits per heavy atom. The maximum Gasteiger partial charge on any atom is 0.0619 e. The van der Waals surface area contributed by atoms with Gasteiger partial charge < -0.3 is 10.5 Å². The van der Waals surface area contributed by atoms with Gasteiger partial charge in [-0.15, -0.1) is 0 Å². The van der Waals surface area contributed by atoms with Gasteiger partial charge >= 0.3 is 0 Å². The average molecular weight is 130 g/mol. The monoisotopic (exact) mass is 130 g/mol. The summed E-state index contributed by atoms with van der Waals surface area (Å²) < 4.78 is 5.02. The summed E-state index contributed by atoms with van der Waals surface area (Å²) >= 11 is 0. The summed E-state index contributed by atoms with van der Waals surface area (Å²) in [5.74, 6) is 0.497. The Labute approximate surface area is 57.4 Å². The number of rotatable bonds is 4. The zero-order valence-corrected chi connectivity index (χ0v) is 6.26. The van der Waals surface area contributed by atoms with Gasteiger partial charge in [-0.3, -0.25) is 0 Å². The van der Waals surface area contributed by atoms with Crippen LogP contribution in [-0.2, 0) is 4.74 Å². The molecule has 0 rings (SSSR count). The molecule has 0 saturated heterocycles. The molecule has 0 aromatic rings. The van der Waals surface area contributed by atoms with E-state index in [1.807, 2.05) is 0 Å². The van der Waals surface area contributed by atoms with Gasteiger partial charge in [0.1, 0.15) is 0 Å². The molecule has 0 saturated carbocycles. The van der Waals surface area contributed by atoms with Crippen molar-refractivity contribution in [2.24, 2.45) is 11.7 Å². The topological polar surface area (TPSA) is 35.2 Å². The highest BCUT2D eigenvalue weighted by molar-refractivity contribution is 4.63. The molecule has 0 aliphatic heterocycles. The molecule has 0 bridgehead atoms. The summed E-state index contributed by atoms with van der Waals surface area (Å²) in [6.45, 7) is 8.84. The van der Waals surface area contributed by atoms with Crippen LogP contribution in [-0.4, -0.2) is 19.3 Å². The minimum atomic E-state index is 0.159. The van der Waals surface area contributed by atoms with Crippen molar-refractivity contribution in [1.29, 1.82) is 0 Å². The Hall–Kier alpha value is -0.0800. The third kappa shape index (κ3) is 4.43. The molecule has 9 heavy (non-hydrogen) atoms. The maximum absolute atomic E-state index is 5.65. The van der Waals surface area contributed by atoms with Gasteiger partial charge in [0.25, 0.3) is 0 Å². The van der Waals surface area contributed by atoms with Gasteiger partial charge in [0, 0.05) is 12.6 Å². The summed E-state index contributed by atoms with van der Waals surface area (Å²) in [5.41, 5.74) is 5.65. The Balaban J connectivity index is 3.16. The highest BCUT2D eigenvalue weighted by Gasteiger charge is 2.05. The van der Waals surface area contributed by atoms with Crippen molar-refractivity contribution in [3.63, 3.8) is 0 Å². The molecule has 0 aromatic carbocycles. The van der Waals surface area contributed by atoms with E-state index >= 15 is 0 Å². The van der Waals surface area contributed by atoms with Gasteiger partial charge in [-0.25, -0.2) is 0 Å². The Morgan fingerprint density at radius 2 is 2.11 bits per heavy atom. The fourth-order valence-electron chi connectivity index (χ4n) is 0.412. The van der Waals surface area contributed by atoms with Crippen LogP contribution in [0.5, 0.6) is 0 Å². The zero-order chi connectivity index (χ0) is 7.28. The number of hydrogen-bond donors (Lipinski definition) is 1. The molecule has 1 atom stereocenters. The smallest absolute Gasteiger partial charge is 0.0619 e. The molecule has 0 aromatic heterocycles. The van der Waals surface area contributed by atoms with Gasteiger partial charge in [-0.2, -0.15) is 0 Å². The predicted octanol–water partition coefficient (Wildman–Crippen LogP) is 0.820. The van der Waals surface area contributed by atoms with E-state index in [0.717, 1.165) is 0 Å². The van der Waals surface area contributed by atoms with Crippen LogP contribution in [0.1, 0.15) is 13.8 Å². The number of nitrogens with two attached hydrogens (primary N) is 1. The molecule has 1 radical (unpaired) electrons. The second kappa shape index (κ2) is 4.77. The van der Waals surface area contributed by atoms with E-state index in [1.54, 1.807) is 0 Å². The molecule has 0 heterocycles. The van der Waals surface area contributed by atoms with Crippen LogP contribution in [0.15, 0.2) is 0 Å². The Morgan fingerprint density at radius 3 is 2.44 bits per heavy atom. The van der Waals surface area contributed by atoms with Crippen molar-refractivity contribution < 1.29 is 4.74 Å². The summed E-state index contributed by atoms with van der Waals surface area (Å²) in [7, 11) is 0. The first-order valence-electron chi connectivity index (χ1n) is 3.31.